The predicted octanol–water partition coefficient (Wildman–Crippen LogP) is 4.48. The second kappa shape index (κ2) is 9.80. The second-order valence-corrected chi connectivity index (χ2v) is 6.34. The molecule has 0 unspecified atom stereocenters. The molecule has 0 fully saturated rings. The van der Waals surface area contributed by atoms with Crippen LogP contribution in [0.4, 0.5) is 10.1 Å². The minimum atomic E-state index is -0.944. The summed E-state index contributed by atoms with van der Waals surface area (Å²) < 4.78 is 13.4. The minimum Gasteiger partial charge on any atom is -0.505 e. The predicted molar refractivity (Wildman–Crippen MR) is 102 cm³/mol. The average Bonchev–Trinajstić information content (AvgIpc) is 2.69. The number of hydrogen-bond donors (Lipinski definition) is 3. The molecule has 0 saturated heterocycles. The summed E-state index contributed by atoms with van der Waals surface area (Å²) in [6, 6.07) is 9.43. The number of nitrogens with zero attached hydrogens (tertiary/aromatic N) is 1. The third kappa shape index (κ3) is 5.76. The number of halogens is 1. The molecule has 2 atom stereocenters. The summed E-state index contributed by atoms with van der Waals surface area (Å²) in [7, 11) is 0. The number of aliphatic hydroxyl groups is 2. The molecule has 0 saturated carbocycles. The van der Waals surface area contributed by atoms with Crippen molar-refractivity contribution in [3.8, 4) is 5.75 Å². The normalized spacial score (nSPS) is 12.7. The van der Waals surface area contributed by atoms with E-state index in [0.717, 1.165) is 11.6 Å². The first kappa shape index (κ1) is 21.3. The van der Waals surface area contributed by atoms with Crippen LogP contribution in [0.5, 0.6) is 5.75 Å². The van der Waals surface area contributed by atoms with E-state index in [1.54, 1.807) is 6.08 Å². The fourth-order valence-corrected chi connectivity index (χ4v) is 2.66. The first-order valence-corrected chi connectivity index (χ1v) is 8.83. The monoisotopic (exact) mass is 387 g/mol. The molecule has 0 heterocycles. The minimum absolute atomic E-state index is 0.0400. The standard InChI is InChI=1S/C21H22FNO5/c1-2-14(12-21(26)15-6-9-17(10-7-15)23(27)28)4-3-5-19(24)16-8-11-20(25)18(22)13-16/h3,6-11,13,19,21,24-26H,2,5,12H2,1H3/t4?,19-,21-/m1/s1. The molecule has 2 rings (SSSR count). The lowest BCUT2D eigenvalue weighted by Crippen LogP contribution is -1.99. The van der Waals surface area contributed by atoms with Crippen LogP contribution < -0.4 is 0 Å². The van der Waals surface area contributed by atoms with Gasteiger partial charge in [-0.2, -0.15) is 0 Å². The number of non-ortho nitro benzene ring substituents is 1. The van der Waals surface area contributed by atoms with Gasteiger partial charge in [0.2, 0.25) is 0 Å². The summed E-state index contributed by atoms with van der Waals surface area (Å²) in [5.41, 5.74) is 4.73. The number of aromatic hydroxyl groups is 1. The largest absolute Gasteiger partial charge is 0.505 e. The molecule has 0 spiro atoms. The van der Waals surface area contributed by atoms with Gasteiger partial charge in [0.05, 0.1) is 17.1 Å². The molecule has 148 valence electrons. The van der Waals surface area contributed by atoms with Crippen molar-refractivity contribution in [1.29, 1.82) is 0 Å². The number of benzene rings is 2. The van der Waals surface area contributed by atoms with Crippen LogP contribution in [0.25, 0.3) is 0 Å². The van der Waals surface area contributed by atoms with Crippen molar-refractivity contribution >= 4 is 5.69 Å². The van der Waals surface area contributed by atoms with E-state index >= 15 is 0 Å². The fourth-order valence-electron chi connectivity index (χ4n) is 2.66. The van der Waals surface area contributed by atoms with Gasteiger partial charge in [0.25, 0.3) is 5.69 Å². The smallest absolute Gasteiger partial charge is 0.269 e. The molecule has 6 nitrogen and oxygen atoms in total. The molecule has 7 heteroatoms. The van der Waals surface area contributed by atoms with Gasteiger partial charge in [-0.15, -0.1) is 5.73 Å². The number of nitro groups is 1. The second-order valence-electron chi connectivity index (χ2n) is 6.34. The molecule has 0 bridgehead atoms. The number of aliphatic hydroxyl groups excluding tert-OH is 2. The lowest BCUT2D eigenvalue weighted by Gasteiger charge is -2.11. The van der Waals surface area contributed by atoms with Gasteiger partial charge < -0.3 is 15.3 Å². The van der Waals surface area contributed by atoms with Gasteiger partial charge in [-0.3, -0.25) is 10.1 Å². The summed E-state index contributed by atoms with van der Waals surface area (Å²) in [5, 5.41) is 40.3. The average molecular weight is 387 g/mol. The van der Waals surface area contributed by atoms with Gasteiger partial charge in [-0.25, -0.2) is 4.39 Å². The van der Waals surface area contributed by atoms with Crippen molar-refractivity contribution in [1.82, 2.24) is 0 Å². The maximum atomic E-state index is 13.4. The van der Waals surface area contributed by atoms with E-state index in [1.165, 1.54) is 36.4 Å². The van der Waals surface area contributed by atoms with Crippen molar-refractivity contribution in [3.63, 3.8) is 0 Å². The lowest BCUT2D eigenvalue weighted by molar-refractivity contribution is -0.384. The van der Waals surface area contributed by atoms with E-state index in [4.69, 9.17) is 0 Å². The van der Waals surface area contributed by atoms with Crippen LogP contribution in [0.3, 0.4) is 0 Å². The van der Waals surface area contributed by atoms with Gasteiger partial charge in [-0.05, 0) is 53.5 Å². The molecular weight excluding hydrogens is 365 g/mol. The van der Waals surface area contributed by atoms with E-state index in [2.05, 4.69) is 5.73 Å². The Balaban J connectivity index is 2.03. The fraction of sp³-hybridized carbons (Fsp3) is 0.286. The third-order valence-electron chi connectivity index (χ3n) is 4.36. The Morgan fingerprint density at radius 2 is 1.82 bits per heavy atom. The summed E-state index contributed by atoms with van der Waals surface area (Å²) >= 11 is 0. The first-order chi connectivity index (χ1) is 13.3. The maximum absolute atomic E-state index is 13.4. The molecular formula is C21H22FNO5. The first-order valence-electron chi connectivity index (χ1n) is 8.83. The number of hydrogen-bond acceptors (Lipinski definition) is 5. The topological polar surface area (TPSA) is 104 Å². The van der Waals surface area contributed by atoms with Gasteiger partial charge >= 0.3 is 0 Å². The molecule has 0 radical (unpaired) electrons. The molecule has 0 amide bonds. The van der Waals surface area contributed by atoms with Gasteiger partial charge in [0.1, 0.15) is 0 Å². The molecule has 0 aliphatic heterocycles. The van der Waals surface area contributed by atoms with E-state index in [1.807, 2.05) is 6.92 Å². The highest BCUT2D eigenvalue weighted by atomic mass is 19.1. The zero-order valence-corrected chi connectivity index (χ0v) is 15.4. The number of nitro benzene ring substituents is 1. The Morgan fingerprint density at radius 3 is 2.39 bits per heavy atom. The van der Waals surface area contributed by atoms with Crippen LogP contribution in [0.1, 0.15) is 49.5 Å². The lowest BCUT2D eigenvalue weighted by atomic mass is 10.00. The highest BCUT2D eigenvalue weighted by molar-refractivity contribution is 5.34. The highest BCUT2D eigenvalue weighted by Crippen LogP contribution is 2.25. The molecule has 2 aromatic rings. The van der Waals surface area contributed by atoms with Gasteiger partial charge in [0.15, 0.2) is 11.6 Å². The van der Waals surface area contributed by atoms with Crippen LogP contribution in [0.15, 0.2) is 59.8 Å². The Bertz CT molecular complexity index is 888. The van der Waals surface area contributed by atoms with Crippen molar-refractivity contribution in [2.75, 3.05) is 0 Å². The van der Waals surface area contributed by atoms with Crippen LogP contribution in [-0.4, -0.2) is 20.2 Å². The Hall–Kier alpha value is -2.99. The van der Waals surface area contributed by atoms with Crippen LogP contribution >= 0.6 is 0 Å². The summed E-state index contributed by atoms with van der Waals surface area (Å²) in [4.78, 5) is 10.2. The SMILES string of the molecule is CCC(=C=CC[C@@H](O)c1ccc(O)c(F)c1)C[C@@H](O)c1ccc([N+](=O)[O-])cc1. The van der Waals surface area contributed by atoms with E-state index in [9.17, 15) is 29.8 Å². The number of phenols is 1. The van der Waals surface area contributed by atoms with Crippen molar-refractivity contribution in [3.05, 3.63) is 86.9 Å². The Kier molecular flexibility index (Phi) is 7.46. The molecule has 0 aromatic heterocycles. The molecule has 28 heavy (non-hydrogen) atoms. The van der Waals surface area contributed by atoms with Crippen LogP contribution in [-0.2, 0) is 0 Å². The molecule has 0 aliphatic carbocycles. The van der Waals surface area contributed by atoms with Gasteiger partial charge in [-0.1, -0.05) is 13.0 Å². The van der Waals surface area contributed by atoms with E-state index in [-0.39, 0.29) is 12.1 Å². The van der Waals surface area contributed by atoms with Crippen molar-refractivity contribution in [2.24, 2.45) is 0 Å². The van der Waals surface area contributed by atoms with Crippen LogP contribution in [0.2, 0.25) is 0 Å². The Morgan fingerprint density at radius 1 is 1.18 bits per heavy atom. The molecule has 0 aliphatic rings. The van der Waals surface area contributed by atoms with E-state index < -0.39 is 28.7 Å². The van der Waals surface area contributed by atoms with Crippen molar-refractivity contribution in [2.45, 2.75) is 38.4 Å². The summed E-state index contributed by atoms with van der Waals surface area (Å²) in [6.45, 7) is 1.91. The van der Waals surface area contributed by atoms with Crippen molar-refractivity contribution < 1.29 is 24.6 Å². The zero-order chi connectivity index (χ0) is 20.7. The summed E-state index contributed by atoms with van der Waals surface area (Å²) in [5.74, 6) is -1.27. The number of rotatable bonds is 8. The number of phenolic OH excluding ortho intramolecular Hbond substituents is 1. The quantitative estimate of drug-likeness (QED) is 0.352. The Labute approximate surface area is 162 Å². The van der Waals surface area contributed by atoms with Crippen LogP contribution in [0, 0.1) is 15.9 Å². The highest BCUT2D eigenvalue weighted by Gasteiger charge is 2.12. The summed E-state index contributed by atoms with van der Waals surface area (Å²) in [6.07, 6.45) is 0.977. The zero-order valence-electron chi connectivity index (χ0n) is 15.4. The van der Waals surface area contributed by atoms with Gasteiger partial charge in [0, 0.05) is 25.0 Å². The van der Waals surface area contributed by atoms with E-state index in [0.29, 0.717) is 24.0 Å². The third-order valence-corrected chi connectivity index (χ3v) is 4.36. The molecule has 2 aromatic carbocycles. The molecule has 3 N–H and O–H groups in total. The maximum Gasteiger partial charge on any atom is 0.269 e.